The van der Waals surface area contributed by atoms with Gasteiger partial charge in [0, 0.05) is 9.61 Å². The van der Waals surface area contributed by atoms with Crippen molar-refractivity contribution in [3.8, 4) is 0 Å². The molecule has 1 aromatic rings. The first-order chi connectivity index (χ1) is 8.35. The quantitative estimate of drug-likeness (QED) is 0.664. The lowest BCUT2D eigenvalue weighted by Crippen LogP contribution is -2.35. The van der Waals surface area contributed by atoms with Crippen LogP contribution in [0.2, 0.25) is 5.02 Å². The lowest BCUT2D eigenvalue weighted by Gasteiger charge is -2.39. The van der Waals surface area contributed by atoms with Gasteiger partial charge in [-0.1, -0.05) is 32.4 Å². The van der Waals surface area contributed by atoms with Crippen LogP contribution < -0.4 is 5.32 Å². The van der Waals surface area contributed by atoms with Crippen molar-refractivity contribution in [2.45, 2.75) is 46.1 Å². The molecule has 1 aliphatic rings. The molecule has 0 amide bonds. The highest BCUT2D eigenvalue weighted by Crippen LogP contribution is 2.40. The minimum absolute atomic E-state index is 0.436. The van der Waals surface area contributed by atoms with Crippen LogP contribution in [0.3, 0.4) is 0 Å². The molecule has 0 saturated heterocycles. The third kappa shape index (κ3) is 3.77. The molecule has 0 bridgehead atoms. The number of benzene rings is 1. The van der Waals surface area contributed by atoms with Gasteiger partial charge in [0.25, 0.3) is 0 Å². The molecule has 0 aromatic heterocycles. The topological polar surface area (TPSA) is 12.0 Å². The van der Waals surface area contributed by atoms with Crippen molar-refractivity contribution < 1.29 is 0 Å². The maximum absolute atomic E-state index is 6.29. The van der Waals surface area contributed by atoms with E-state index in [0.29, 0.717) is 11.5 Å². The Kier molecular flexibility index (Phi) is 4.48. The van der Waals surface area contributed by atoms with Gasteiger partial charge < -0.3 is 5.32 Å². The normalized spacial score (nSPS) is 26.9. The Morgan fingerprint density at radius 2 is 2.06 bits per heavy atom. The highest BCUT2D eigenvalue weighted by Gasteiger charge is 2.32. The fourth-order valence-electron chi connectivity index (χ4n) is 3.28. The predicted molar refractivity (Wildman–Crippen MR) is 88.4 cm³/mol. The maximum Gasteiger partial charge on any atom is 0.0648 e. The van der Waals surface area contributed by atoms with Gasteiger partial charge in [0.1, 0.15) is 0 Å². The summed E-state index contributed by atoms with van der Waals surface area (Å²) in [5.41, 5.74) is 1.51. The molecular formula is C15H21ClIN. The summed E-state index contributed by atoms with van der Waals surface area (Å²) in [6, 6.07) is 6.76. The van der Waals surface area contributed by atoms with E-state index in [2.05, 4.69) is 60.8 Å². The molecule has 1 nitrogen and oxygen atoms in total. The van der Waals surface area contributed by atoms with Gasteiger partial charge in [-0.2, -0.15) is 0 Å². The molecule has 3 heteroatoms. The largest absolute Gasteiger partial charge is 0.381 e. The Labute approximate surface area is 129 Å². The SMILES string of the molecule is CC1CC(Nc2ccc(I)cc2Cl)CC(C)(C)C1. The second-order valence-electron chi connectivity index (χ2n) is 6.38. The molecule has 1 fully saturated rings. The Bertz CT molecular complexity index is 431. The van der Waals surface area contributed by atoms with Crippen LogP contribution in [0.1, 0.15) is 40.0 Å². The van der Waals surface area contributed by atoms with Crippen molar-refractivity contribution in [1.82, 2.24) is 0 Å². The van der Waals surface area contributed by atoms with Gasteiger partial charge >= 0.3 is 0 Å². The predicted octanol–water partition coefficient (Wildman–Crippen LogP) is 5.57. The number of rotatable bonds is 2. The molecule has 0 aliphatic heterocycles. The Morgan fingerprint density at radius 1 is 1.33 bits per heavy atom. The van der Waals surface area contributed by atoms with E-state index >= 15 is 0 Å². The van der Waals surface area contributed by atoms with Crippen LogP contribution in [-0.4, -0.2) is 6.04 Å². The highest BCUT2D eigenvalue weighted by atomic mass is 127. The zero-order chi connectivity index (χ0) is 13.3. The molecule has 2 atom stereocenters. The molecule has 1 aromatic carbocycles. The van der Waals surface area contributed by atoms with E-state index in [4.69, 9.17) is 11.6 Å². The van der Waals surface area contributed by atoms with Crippen LogP contribution in [0.25, 0.3) is 0 Å². The summed E-state index contributed by atoms with van der Waals surface area (Å²) in [6.45, 7) is 7.09. The van der Waals surface area contributed by atoms with E-state index < -0.39 is 0 Å². The smallest absolute Gasteiger partial charge is 0.0648 e. The monoisotopic (exact) mass is 377 g/mol. The first kappa shape index (κ1) is 14.4. The molecule has 0 heterocycles. The van der Waals surface area contributed by atoms with E-state index in [0.717, 1.165) is 16.6 Å². The summed E-state index contributed by atoms with van der Waals surface area (Å²) in [5, 5.41) is 4.46. The van der Waals surface area contributed by atoms with Crippen LogP contribution in [0.4, 0.5) is 5.69 Å². The fourth-order valence-corrected chi connectivity index (χ4v) is 4.19. The average molecular weight is 378 g/mol. The highest BCUT2D eigenvalue weighted by molar-refractivity contribution is 14.1. The molecule has 2 unspecified atom stereocenters. The molecule has 0 radical (unpaired) electrons. The number of anilines is 1. The first-order valence-electron chi connectivity index (χ1n) is 6.57. The van der Waals surface area contributed by atoms with Gasteiger partial charge in [-0.25, -0.2) is 0 Å². The molecule has 100 valence electrons. The molecule has 2 rings (SSSR count). The summed E-state index contributed by atoms with van der Waals surface area (Å²) in [7, 11) is 0. The molecule has 1 saturated carbocycles. The standard InChI is InChI=1S/C15H21ClIN/c1-10-6-12(9-15(2,3)8-10)18-14-5-4-11(17)7-13(14)16/h4-5,7,10,12,18H,6,8-9H2,1-3H3. The third-order valence-electron chi connectivity index (χ3n) is 3.68. The van der Waals surface area contributed by atoms with Crippen molar-refractivity contribution in [1.29, 1.82) is 0 Å². The van der Waals surface area contributed by atoms with Crippen molar-refractivity contribution in [3.05, 3.63) is 26.8 Å². The lowest BCUT2D eigenvalue weighted by molar-refractivity contribution is 0.178. The number of hydrogen-bond donors (Lipinski definition) is 1. The van der Waals surface area contributed by atoms with E-state index in [1.165, 1.54) is 22.8 Å². The lowest BCUT2D eigenvalue weighted by atomic mass is 9.70. The van der Waals surface area contributed by atoms with E-state index in [-0.39, 0.29) is 0 Å². The molecule has 1 N–H and O–H groups in total. The summed E-state index contributed by atoms with van der Waals surface area (Å²) in [4.78, 5) is 0. The van der Waals surface area contributed by atoms with Gasteiger partial charge in [0.2, 0.25) is 0 Å². The summed E-state index contributed by atoms with van der Waals surface area (Å²) < 4.78 is 1.18. The van der Waals surface area contributed by atoms with Crippen molar-refractivity contribution in [2.24, 2.45) is 11.3 Å². The van der Waals surface area contributed by atoms with Crippen LogP contribution in [0.5, 0.6) is 0 Å². The van der Waals surface area contributed by atoms with Gasteiger partial charge in [-0.05, 0) is 71.4 Å². The molecule has 1 aliphatic carbocycles. The fraction of sp³-hybridized carbons (Fsp3) is 0.600. The molecule has 18 heavy (non-hydrogen) atoms. The number of hydrogen-bond acceptors (Lipinski definition) is 1. The van der Waals surface area contributed by atoms with E-state index in [1.54, 1.807) is 0 Å². The van der Waals surface area contributed by atoms with E-state index in [1.807, 2.05) is 6.07 Å². The summed E-state index contributed by atoms with van der Waals surface area (Å²) in [6.07, 6.45) is 3.79. The Morgan fingerprint density at radius 3 is 2.67 bits per heavy atom. The van der Waals surface area contributed by atoms with Crippen molar-refractivity contribution in [2.75, 3.05) is 5.32 Å². The summed E-state index contributed by atoms with van der Waals surface area (Å²) >= 11 is 8.58. The Balaban J connectivity index is 2.09. The zero-order valence-electron chi connectivity index (χ0n) is 11.3. The van der Waals surface area contributed by atoms with Crippen LogP contribution in [0, 0.1) is 14.9 Å². The van der Waals surface area contributed by atoms with E-state index in [9.17, 15) is 0 Å². The van der Waals surface area contributed by atoms with Crippen LogP contribution >= 0.6 is 34.2 Å². The molecule has 0 spiro atoms. The van der Waals surface area contributed by atoms with Gasteiger partial charge in [0.05, 0.1) is 10.7 Å². The number of nitrogens with one attached hydrogen (secondary N) is 1. The average Bonchev–Trinajstić information content (AvgIpc) is 2.19. The van der Waals surface area contributed by atoms with Crippen molar-refractivity contribution in [3.63, 3.8) is 0 Å². The van der Waals surface area contributed by atoms with Crippen molar-refractivity contribution >= 4 is 39.9 Å². The van der Waals surface area contributed by atoms with Gasteiger partial charge in [-0.15, -0.1) is 0 Å². The van der Waals surface area contributed by atoms with Crippen LogP contribution in [0.15, 0.2) is 18.2 Å². The third-order valence-corrected chi connectivity index (χ3v) is 4.66. The minimum Gasteiger partial charge on any atom is -0.381 e. The van der Waals surface area contributed by atoms with Gasteiger partial charge in [0.15, 0.2) is 0 Å². The minimum atomic E-state index is 0.436. The number of halogens is 2. The van der Waals surface area contributed by atoms with Gasteiger partial charge in [-0.3, -0.25) is 0 Å². The Hall–Kier alpha value is 0.0400. The zero-order valence-corrected chi connectivity index (χ0v) is 14.2. The maximum atomic E-state index is 6.29. The summed E-state index contributed by atoms with van der Waals surface area (Å²) in [5.74, 6) is 0.786. The second-order valence-corrected chi connectivity index (χ2v) is 8.03. The molecular weight excluding hydrogens is 357 g/mol. The second kappa shape index (κ2) is 5.58. The van der Waals surface area contributed by atoms with Crippen LogP contribution in [-0.2, 0) is 0 Å². The first-order valence-corrected chi connectivity index (χ1v) is 8.03.